The maximum absolute atomic E-state index is 12.4. The van der Waals surface area contributed by atoms with Gasteiger partial charge in [-0.2, -0.15) is 5.10 Å². The number of benzene rings is 1. The summed E-state index contributed by atoms with van der Waals surface area (Å²) < 4.78 is 28.6. The quantitative estimate of drug-likeness (QED) is 0.892. The van der Waals surface area contributed by atoms with E-state index in [1.807, 2.05) is 0 Å². The molecule has 0 aliphatic rings. The number of sulfonamides is 1. The number of anilines is 1. The van der Waals surface area contributed by atoms with E-state index >= 15 is 0 Å². The normalized spacial score (nSPS) is 11.4. The summed E-state index contributed by atoms with van der Waals surface area (Å²) in [5.41, 5.74) is 1.27. The van der Waals surface area contributed by atoms with Gasteiger partial charge in [-0.1, -0.05) is 6.07 Å². The summed E-state index contributed by atoms with van der Waals surface area (Å²) in [4.78, 5) is 11.1. The monoisotopic (exact) mass is 309 g/mol. The fourth-order valence-electron chi connectivity index (χ4n) is 2.04. The zero-order valence-corrected chi connectivity index (χ0v) is 12.6. The maximum atomic E-state index is 12.4. The molecule has 0 radical (unpaired) electrons. The molecular weight excluding hydrogens is 294 g/mol. The van der Waals surface area contributed by atoms with Crippen molar-refractivity contribution in [2.75, 3.05) is 4.72 Å². The minimum absolute atomic E-state index is 0.0350. The largest absolute Gasteiger partial charge is 0.478 e. The highest BCUT2D eigenvalue weighted by molar-refractivity contribution is 7.92. The van der Waals surface area contributed by atoms with Gasteiger partial charge in [-0.25, -0.2) is 13.2 Å². The molecule has 0 fully saturated rings. The number of nitrogens with zero attached hydrogens (tertiary/aromatic N) is 2. The van der Waals surface area contributed by atoms with Crippen LogP contribution in [0.1, 0.15) is 21.5 Å². The number of hydrogen-bond acceptors (Lipinski definition) is 4. The molecular formula is C13H15N3O4S. The van der Waals surface area contributed by atoms with E-state index in [2.05, 4.69) is 9.82 Å². The van der Waals surface area contributed by atoms with Gasteiger partial charge in [-0.15, -0.1) is 0 Å². The van der Waals surface area contributed by atoms with Crippen molar-refractivity contribution in [3.8, 4) is 0 Å². The Kier molecular flexibility index (Phi) is 3.73. The SMILES string of the molecule is Cc1cc(C)c(S(=O)(=O)Nc2cnn(C)c2)cc1C(=O)O. The molecule has 2 rings (SSSR count). The number of carboxylic acid groups (broad SMARTS) is 1. The van der Waals surface area contributed by atoms with Crippen molar-refractivity contribution in [3.05, 3.63) is 41.2 Å². The molecule has 0 saturated carbocycles. The van der Waals surface area contributed by atoms with Crippen molar-refractivity contribution in [2.45, 2.75) is 18.7 Å². The van der Waals surface area contributed by atoms with Crippen molar-refractivity contribution in [3.63, 3.8) is 0 Å². The highest BCUT2D eigenvalue weighted by Crippen LogP contribution is 2.23. The summed E-state index contributed by atoms with van der Waals surface area (Å²) in [6, 6.07) is 2.72. The summed E-state index contributed by atoms with van der Waals surface area (Å²) in [5, 5.41) is 13.0. The zero-order valence-electron chi connectivity index (χ0n) is 11.8. The van der Waals surface area contributed by atoms with Crippen LogP contribution in [0.15, 0.2) is 29.4 Å². The van der Waals surface area contributed by atoms with Crippen LogP contribution in [0, 0.1) is 13.8 Å². The Labute approximate surface area is 122 Å². The molecule has 2 aromatic rings. The number of carbonyl (C=O) groups is 1. The Morgan fingerprint density at radius 3 is 2.48 bits per heavy atom. The highest BCUT2D eigenvalue weighted by Gasteiger charge is 2.21. The van der Waals surface area contributed by atoms with E-state index in [-0.39, 0.29) is 10.5 Å². The second-order valence-electron chi connectivity index (χ2n) is 4.75. The molecule has 7 nitrogen and oxygen atoms in total. The maximum Gasteiger partial charge on any atom is 0.335 e. The van der Waals surface area contributed by atoms with Gasteiger partial charge in [-0.05, 0) is 31.0 Å². The first-order valence-corrected chi connectivity index (χ1v) is 7.55. The van der Waals surface area contributed by atoms with E-state index in [1.165, 1.54) is 23.1 Å². The van der Waals surface area contributed by atoms with Gasteiger partial charge in [0.15, 0.2) is 0 Å². The average molecular weight is 309 g/mol. The summed E-state index contributed by atoms with van der Waals surface area (Å²) >= 11 is 0. The van der Waals surface area contributed by atoms with Crippen LogP contribution in [-0.2, 0) is 17.1 Å². The summed E-state index contributed by atoms with van der Waals surface area (Å²) in [7, 11) is -2.21. The lowest BCUT2D eigenvalue weighted by Gasteiger charge is -2.11. The van der Waals surface area contributed by atoms with Gasteiger partial charge in [-0.3, -0.25) is 9.40 Å². The van der Waals surface area contributed by atoms with Gasteiger partial charge < -0.3 is 5.11 Å². The summed E-state index contributed by atoms with van der Waals surface area (Å²) in [6.07, 6.45) is 2.89. The van der Waals surface area contributed by atoms with Gasteiger partial charge in [0.1, 0.15) is 0 Å². The predicted octanol–water partition coefficient (Wildman–Crippen LogP) is 1.54. The molecule has 1 aromatic heterocycles. The highest BCUT2D eigenvalue weighted by atomic mass is 32.2. The molecule has 112 valence electrons. The van der Waals surface area contributed by atoms with Crippen molar-refractivity contribution < 1.29 is 18.3 Å². The molecule has 0 spiro atoms. The minimum Gasteiger partial charge on any atom is -0.478 e. The number of hydrogen-bond donors (Lipinski definition) is 2. The lowest BCUT2D eigenvalue weighted by molar-refractivity contribution is 0.0696. The Morgan fingerprint density at radius 2 is 1.95 bits per heavy atom. The number of aromatic carboxylic acids is 1. The molecule has 0 aliphatic carbocycles. The molecule has 0 unspecified atom stereocenters. The Morgan fingerprint density at radius 1 is 1.29 bits per heavy atom. The van der Waals surface area contributed by atoms with Gasteiger partial charge in [0, 0.05) is 13.2 Å². The Bertz CT molecular complexity index is 809. The minimum atomic E-state index is -3.87. The molecule has 21 heavy (non-hydrogen) atoms. The lowest BCUT2D eigenvalue weighted by Crippen LogP contribution is -2.15. The molecule has 0 aliphatic heterocycles. The molecule has 2 N–H and O–H groups in total. The van der Waals surface area contributed by atoms with E-state index in [0.29, 0.717) is 16.8 Å². The second kappa shape index (κ2) is 5.21. The topological polar surface area (TPSA) is 101 Å². The van der Waals surface area contributed by atoms with Gasteiger partial charge in [0.2, 0.25) is 0 Å². The first-order valence-electron chi connectivity index (χ1n) is 6.06. The lowest BCUT2D eigenvalue weighted by atomic mass is 10.1. The number of aryl methyl sites for hydroxylation is 3. The van der Waals surface area contributed by atoms with E-state index in [1.54, 1.807) is 27.0 Å². The van der Waals surface area contributed by atoms with Crippen LogP contribution in [0.2, 0.25) is 0 Å². The average Bonchev–Trinajstić information content (AvgIpc) is 2.72. The summed E-state index contributed by atoms with van der Waals surface area (Å²) in [5.74, 6) is -1.16. The summed E-state index contributed by atoms with van der Waals surface area (Å²) in [6.45, 7) is 3.25. The number of carboxylic acids is 1. The van der Waals surface area contributed by atoms with Crippen LogP contribution < -0.4 is 4.72 Å². The van der Waals surface area contributed by atoms with E-state index in [0.717, 1.165) is 0 Å². The second-order valence-corrected chi connectivity index (χ2v) is 6.40. The molecule has 8 heteroatoms. The van der Waals surface area contributed by atoms with E-state index in [4.69, 9.17) is 5.11 Å². The number of aromatic nitrogens is 2. The smallest absolute Gasteiger partial charge is 0.335 e. The Balaban J connectivity index is 2.49. The third-order valence-corrected chi connectivity index (χ3v) is 4.52. The van der Waals surface area contributed by atoms with Crippen molar-refractivity contribution in [1.29, 1.82) is 0 Å². The van der Waals surface area contributed by atoms with Crippen molar-refractivity contribution in [2.24, 2.45) is 7.05 Å². The van der Waals surface area contributed by atoms with Crippen LogP contribution in [0.5, 0.6) is 0 Å². The third kappa shape index (κ3) is 3.05. The van der Waals surface area contributed by atoms with Crippen LogP contribution in [0.25, 0.3) is 0 Å². The van der Waals surface area contributed by atoms with Gasteiger partial charge in [0.05, 0.1) is 22.3 Å². The Hall–Kier alpha value is -2.35. The van der Waals surface area contributed by atoms with Gasteiger partial charge >= 0.3 is 5.97 Å². The fraction of sp³-hybridized carbons (Fsp3) is 0.231. The fourth-order valence-corrected chi connectivity index (χ4v) is 3.32. The predicted molar refractivity (Wildman–Crippen MR) is 76.9 cm³/mol. The van der Waals surface area contributed by atoms with Crippen LogP contribution in [0.4, 0.5) is 5.69 Å². The zero-order chi connectivity index (χ0) is 15.8. The van der Waals surface area contributed by atoms with E-state index < -0.39 is 16.0 Å². The molecule has 0 bridgehead atoms. The molecule has 1 heterocycles. The first kappa shape index (κ1) is 15.0. The third-order valence-electron chi connectivity index (χ3n) is 3.00. The van der Waals surface area contributed by atoms with Crippen molar-refractivity contribution >= 4 is 21.7 Å². The molecule has 0 amide bonds. The standard InChI is InChI=1S/C13H15N3O4S/c1-8-4-9(2)12(5-11(8)13(17)18)21(19,20)15-10-6-14-16(3)7-10/h4-7,15H,1-3H3,(H,17,18). The molecule has 0 atom stereocenters. The van der Waals surface area contributed by atoms with E-state index in [9.17, 15) is 13.2 Å². The molecule has 1 aromatic carbocycles. The van der Waals surface area contributed by atoms with Crippen LogP contribution in [0.3, 0.4) is 0 Å². The number of rotatable bonds is 4. The van der Waals surface area contributed by atoms with Crippen molar-refractivity contribution in [1.82, 2.24) is 9.78 Å². The van der Waals surface area contributed by atoms with Crippen LogP contribution >= 0.6 is 0 Å². The van der Waals surface area contributed by atoms with Gasteiger partial charge in [0.25, 0.3) is 10.0 Å². The van der Waals surface area contributed by atoms with Crippen LogP contribution in [-0.4, -0.2) is 29.3 Å². The first-order chi connectivity index (χ1) is 9.70. The molecule has 0 saturated heterocycles. The number of nitrogens with one attached hydrogen (secondary N) is 1.